The molecule has 0 saturated heterocycles. The molecule has 21 heavy (non-hydrogen) atoms. The van der Waals surface area contributed by atoms with E-state index in [1.165, 1.54) is 12.1 Å². The Morgan fingerprint density at radius 2 is 1.67 bits per heavy atom. The van der Waals surface area contributed by atoms with Crippen LogP contribution in [0.25, 0.3) is 0 Å². The zero-order chi connectivity index (χ0) is 15.5. The summed E-state index contributed by atoms with van der Waals surface area (Å²) < 4.78 is 37.3. The molecule has 6 heteroatoms. The van der Waals surface area contributed by atoms with E-state index in [0.717, 1.165) is 12.1 Å². The molecule has 0 radical (unpaired) electrons. The first-order valence-electron chi connectivity index (χ1n) is 6.07. The third-order valence-electron chi connectivity index (χ3n) is 2.79. The predicted octanol–water partition coefficient (Wildman–Crippen LogP) is 4.54. The van der Waals surface area contributed by atoms with Crippen molar-refractivity contribution >= 4 is 23.2 Å². The Kier molecular flexibility index (Phi) is 4.53. The van der Waals surface area contributed by atoms with Crippen molar-refractivity contribution in [3.05, 3.63) is 64.7 Å². The third-order valence-corrected chi connectivity index (χ3v) is 3.12. The van der Waals surface area contributed by atoms with Gasteiger partial charge in [-0.1, -0.05) is 35.9 Å². The molecule has 0 bridgehead atoms. The van der Waals surface area contributed by atoms with Gasteiger partial charge in [0.2, 0.25) is 5.91 Å². The summed E-state index contributed by atoms with van der Waals surface area (Å²) in [7, 11) is 0. The molecule has 0 aromatic heterocycles. The van der Waals surface area contributed by atoms with Crippen molar-refractivity contribution in [3.63, 3.8) is 0 Å². The van der Waals surface area contributed by atoms with E-state index in [0.29, 0.717) is 16.3 Å². The van der Waals surface area contributed by atoms with Gasteiger partial charge in [-0.15, -0.1) is 0 Å². The van der Waals surface area contributed by atoms with Crippen molar-refractivity contribution in [2.45, 2.75) is 12.6 Å². The van der Waals surface area contributed by atoms with Gasteiger partial charge in [-0.25, -0.2) is 0 Å². The number of carbonyl (C=O) groups excluding carboxylic acids is 1. The second kappa shape index (κ2) is 6.18. The zero-order valence-corrected chi connectivity index (χ0v) is 11.5. The van der Waals surface area contributed by atoms with Crippen molar-refractivity contribution in [3.8, 4) is 0 Å². The molecule has 2 aromatic rings. The topological polar surface area (TPSA) is 29.1 Å². The summed E-state index contributed by atoms with van der Waals surface area (Å²) in [5, 5.41) is 3.01. The Hall–Kier alpha value is -2.01. The second-order valence-corrected chi connectivity index (χ2v) is 4.81. The van der Waals surface area contributed by atoms with Crippen LogP contribution in [0.2, 0.25) is 5.02 Å². The molecule has 0 aliphatic carbocycles. The van der Waals surface area contributed by atoms with E-state index in [1.807, 2.05) is 0 Å². The second-order valence-electron chi connectivity index (χ2n) is 4.40. The maximum atomic E-state index is 12.4. The molecule has 0 fully saturated rings. The maximum absolute atomic E-state index is 12.4. The molecule has 2 nitrogen and oxygen atoms in total. The SMILES string of the molecule is O=C(Cc1ccc(C(F)(F)F)cc1)Nc1ccccc1Cl. The molecule has 1 amide bonds. The molecule has 0 unspecified atom stereocenters. The fourth-order valence-electron chi connectivity index (χ4n) is 1.75. The average molecular weight is 314 g/mol. The Morgan fingerprint density at radius 1 is 1.05 bits per heavy atom. The van der Waals surface area contributed by atoms with E-state index in [2.05, 4.69) is 5.32 Å². The van der Waals surface area contributed by atoms with Crippen LogP contribution < -0.4 is 5.32 Å². The molecule has 0 aliphatic rings. The van der Waals surface area contributed by atoms with Crippen molar-refractivity contribution in [1.82, 2.24) is 0 Å². The number of anilines is 1. The first kappa shape index (κ1) is 15.4. The summed E-state index contributed by atoms with van der Waals surface area (Å²) in [5.41, 5.74) is 0.224. The lowest BCUT2D eigenvalue weighted by atomic mass is 10.1. The number of hydrogen-bond acceptors (Lipinski definition) is 1. The maximum Gasteiger partial charge on any atom is 0.416 e. The van der Waals surface area contributed by atoms with Gasteiger partial charge < -0.3 is 5.32 Å². The van der Waals surface area contributed by atoms with Gasteiger partial charge in [0, 0.05) is 0 Å². The Labute approximate surface area is 124 Å². The van der Waals surface area contributed by atoms with Gasteiger partial charge in [0.25, 0.3) is 0 Å². The minimum absolute atomic E-state index is 0.0244. The zero-order valence-electron chi connectivity index (χ0n) is 10.7. The van der Waals surface area contributed by atoms with E-state index in [4.69, 9.17) is 11.6 Å². The van der Waals surface area contributed by atoms with E-state index >= 15 is 0 Å². The van der Waals surface area contributed by atoms with Gasteiger partial charge in [0.1, 0.15) is 0 Å². The van der Waals surface area contributed by atoms with Crippen molar-refractivity contribution in [2.24, 2.45) is 0 Å². The van der Waals surface area contributed by atoms with Crippen LogP contribution >= 0.6 is 11.6 Å². The molecular formula is C15H11ClF3NO. The number of hydrogen-bond donors (Lipinski definition) is 1. The summed E-state index contributed by atoms with van der Waals surface area (Å²) in [4.78, 5) is 11.8. The van der Waals surface area contributed by atoms with Gasteiger partial charge in [-0.3, -0.25) is 4.79 Å². The standard InChI is InChI=1S/C15H11ClF3NO/c16-12-3-1-2-4-13(12)20-14(21)9-10-5-7-11(8-6-10)15(17,18)19/h1-8H,9H2,(H,20,21). The summed E-state index contributed by atoms with van der Waals surface area (Å²) in [6.45, 7) is 0. The highest BCUT2D eigenvalue weighted by molar-refractivity contribution is 6.33. The van der Waals surface area contributed by atoms with Crippen LogP contribution in [0.3, 0.4) is 0 Å². The average Bonchev–Trinajstić information content (AvgIpc) is 2.41. The molecule has 110 valence electrons. The van der Waals surface area contributed by atoms with Gasteiger partial charge in [-0.2, -0.15) is 13.2 Å². The van der Waals surface area contributed by atoms with Crippen molar-refractivity contribution in [1.29, 1.82) is 0 Å². The number of halogens is 4. The minimum Gasteiger partial charge on any atom is -0.324 e. The molecule has 2 rings (SSSR count). The van der Waals surface area contributed by atoms with E-state index in [1.54, 1.807) is 24.3 Å². The van der Waals surface area contributed by atoms with Crippen molar-refractivity contribution in [2.75, 3.05) is 5.32 Å². The largest absolute Gasteiger partial charge is 0.416 e. The molecule has 1 N–H and O–H groups in total. The van der Waals surface area contributed by atoms with Gasteiger partial charge in [0.15, 0.2) is 0 Å². The van der Waals surface area contributed by atoms with Crippen molar-refractivity contribution < 1.29 is 18.0 Å². The van der Waals surface area contributed by atoms with E-state index in [-0.39, 0.29) is 12.3 Å². The van der Waals surface area contributed by atoms with Gasteiger partial charge in [-0.05, 0) is 29.8 Å². The van der Waals surface area contributed by atoms with Crippen LogP contribution in [0.4, 0.5) is 18.9 Å². The molecule has 0 aliphatic heterocycles. The first-order valence-corrected chi connectivity index (χ1v) is 6.44. The number of nitrogens with one attached hydrogen (secondary N) is 1. The quantitative estimate of drug-likeness (QED) is 0.885. The summed E-state index contributed by atoms with van der Waals surface area (Å²) in [6.07, 6.45) is -4.40. The number of amides is 1. The van der Waals surface area contributed by atoms with Gasteiger partial charge >= 0.3 is 6.18 Å². The summed E-state index contributed by atoms with van der Waals surface area (Å²) in [5.74, 6) is -0.345. The van der Waals surface area contributed by atoms with Crippen LogP contribution in [0.5, 0.6) is 0 Å². The van der Waals surface area contributed by atoms with E-state index < -0.39 is 11.7 Å². The summed E-state index contributed by atoms with van der Waals surface area (Å²) >= 11 is 5.90. The molecule has 0 saturated carbocycles. The molecule has 0 atom stereocenters. The van der Waals surface area contributed by atoms with Crippen LogP contribution in [0.15, 0.2) is 48.5 Å². The van der Waals surface area contributed by atoms with Crippen LogP contribution in [0.1, 0.15) is 11.1 Å². The molecule has 0 spiro atoms. The Morgan fingerprint density at radius 3 is 2.24 bits per heavy atom. The molecular weight excluding hydrogens is 303 g/mol. The highest BCUT2D eigenvalue weighted by atomic mass is 35.5. The number of rotatable bonds is 3. The summed E-state index contributed by atoms with van der Waals surface area (Å²) in [6, 6.07) is 11.2. The Bertz CT molecular complexity index is 638. The minimum atomic E-state index is -4.38. The highest BCUT2D eigenvalue weighted by Crippen LogP contribution is 2.29. The van der Waals surface area contributed by atoms with Crippen LogP contribution in [-0.4, -0.2) is 5.91 Å². The first-order chi connectivity index (χ1) is 9.86. The monoisotopic (exact) mass is 313 g/mol. The Balaban J connectivity index is 2.02. The normalized spacial score (nSPS) is 11.2. The van der Waals surface area contributed by atoms with Crippen LogP contribution in [0, 0.1) is 0 Å². The fraction of sp³-hybridized carbons (Fsp3) is 0.133. The number of benzene rings is 2. The lowest BCUT2D eigenvalue weighted by Gasteiger charge is -2.09. The molecule has 0 heterocycles. The number of alkyl halides is 3. The van der Waals surface area contributed by atoms with Crippen LogP contribution in [-0.2, 0) is 17.4 Å². The lowest BCUT2D eigenvalue weighted by molar-refractivity contribution is -0.137. The third kappa shape index (κ3) is 4.23. The van der Waals surface area contributed by atoms with Gasteiger partial charge in [0.05, 0.1) is 22.7 Å². The predicted molar refractivity (Wildman–Crippen MR) is 75.2 cm³/mol. The number of carbonyl (C=O) groups is 1. The molecule has 2 aromatic carbocycles. The lowest BCUT2D eigenvalue weighted by Crippen LogP contribution is -2.14. The van der Waals surface area contributed by atoms with E-state index in [9.17, 15) is 18.0 Å². The fourth-order valence-corrected chi connectivity index (χ4v) is 1.94. The highest BCUT2D eigenvalue weighted by Gasteiger charge is 2.29. The number of para-hydroxylation sites is 1. The smallest absolute Gasteiger partial charge is 0.324 e.